The lowest BCUT2D eigenvalue weighted by atomic mass is 10.0. The van der Waals surface area contributed by atoms with Gasteiger partial charge >= 0.3 is 5.97 Å². The molecule has 0 spiro atoms. The van der Waals surface area contributed by atoms with Gasteiger partial charge in [0.05, 0.1) is 19.3 Å². The van der Waals surface area contributed by atoms with E-state index >= 15 is 0 Å². The van der Waals surface area contributed by atoms with Gasteiger partial charge in [-0.25, -0.2) is 8.42 Å². The van der Waals surface area contributed by atoms with Crippen molar-refractivity contribution < 1.29 is 17.9 Å². The zero-order chi connectivity index (χ0) is 12.9. The van der Waals surface area contributed by atoms with E-state index in [1.807, 2.05) is 6.92 Å². The lowest BCUT2D eigenvalue weighted by molar-refractivity contribution is -0.141. The Morgan fingerprint density at radius 1 is 1.41 bits per heavy atom. The average Bonchev–Trinajstić information content (AvgIpc) is 2.29. The van der Waals surface area contributed by atoms with E-state index in [0.29, 0.717) is 13.0 Å². The van der Waals surface area contributed by atoms with Gasteiger partial charge in [-0.2, -0.15) is 4.31 Å². The Morgan fingerprint density at radius 2 is 2.12 bits per heavy atom. The highest BCUT2D eigenvalue weighted by molar-refractivity contribution is 7.89. The molecule has 0 aromatic carbocycles. The predicted octanol–water partition coefficient (Wildman–Crippen LogP) is 1.14. The highest BCUT2D eigenvalue weighted by atomic mass is 32.2. The topological polar surface area (TPSA) is 63.7 Å². The first-order valence-electron chi connectivity index (χ1n) is 6.07. The van der Waals surface area contributed by atoms with Crippen LogP contribution < -0.4 is 0 Å². The molecule has 6 heteroatoms. The van der Waals surface area contributed by atoms with Crippen molar-refractivity contribution in [2.24, 2.45) is 0 Å². The van der Waals surface area contributed by atoms with Gasteiger partial charge < -0.3 is 4.74 Å². The van der Waals surface area contributed by atoms with Crippen LogP contribution in [0, 0.1) is 0 Å². The molecule has 1 atom stereocenters. The third-order valence-electron chi connectivity index (χ3n) is 3.02. The fraction of sp³-hybridized carbons (Fsp3) is 0.909. The number of hydrogen-bond acceptors (Lipinski definition) is 4. The molecule has 17 heavy (non-hydrogen) atoms. The smallest absolute Gasteiger partial charge is 0.307 e. The molecule has 0 aromatic heterocycles. The number of nitrogens with zero attached hydrogens (tertiary/aromatic N) is 1. The van der Waals surface area contributed by atoms with Crippen molar-refractivity contribution in [3.8, 4) is 0 Å². The summed E-state index contributed by atoms with van der Waals surface area (Å²) in [6.07, 6.45) is 3.36. The number of esters is 1. The molecule has 1 heterocycles. The summed E-state index contributed by atoms with van der Waals surface area (Å²) in [6.45, 7) is 2.38. The number of rotatable bonds is 5. The highest BCUT2D eigenvalue weighted by Crippen LogP contribution is 2.23. The van der Waals surface area contributed by atoms with Gasteiger partial charge in [0.25, 0.3) is 0 Å². The largest absolute Gasteiger partial charge is 0.469 e. The molecule has 0 radical (unpaired) electrons. The van der Waals surface area contributed by atoms with Crippen molar-refractivity contribution in [2.45, 2.75) is 45.1 Å². The molecule has 1 saturated heterocycles. The number of ether oxygens (including phenoxy) is 1. The minimum atomic E-state index is -3.21. The maximum Gasteiger partial charge on any atom is 0.307 e. The number of methoxy groups -OCH3 is 1. The summed E-state index contributed by atoms with van der Waals surface area (Å²) in [7, 11) is -1.88. The van der Waals surface area contributed by atoms with Gasteiger partial charge in [-0.15, -0.1) is 0 Å². The third-order valence-corrected chi connectivity index (χ3v) is 5.14. The number of hydrogen-bond donors (Lipinski definition) is 0. The van der Waals surface area contributed by atoms with E-state index in [9.17, 15) is 13.2 Å². The van der Waals surface area contributed by atoms with Crippen molar-refractivity contribution in [2.75, 3.05) is 19.4 Å². The van der Waals surface area contributed by atoms with Gasteiger partial charge in [0.15, 0.2) is 0 Å². The minimum absolute atomic E-state index is 0.157. The monoisotopic (exact) mass is 263 g/mol. The normalized spacial score (nSPS) is 22.4. The molecule has 0 saturated carbocycles. The second-order valence-corrected chi connectivity index (χ2v) is 6.40. The molecule has 0 aromatic rings. The van der Waals surface area contributed by atoms with E-state index in [-0.39, 0.29) is 24.2 Å². The first kappa shape index (κ1) is 14.4. The Hall–Kier alpha value is -0.620. The molecule has 0 N–H and O–H groups in total. The lowest BCUT2D eigenvalue weighted by Crippen LogP contribution is -2.45. The molecule has 0 amide bonds. The Balaban J connectivity index is 2.75. The molecular weight excluding hydrogens is 242 g/mol. The molecular formula is C11H21NO4S. The van der Waals surface area contributed by atoms with Gasteiger partial charge in [0.2, 0.25) is 10.0 Å². The number of carbonyl (C=O) groups is 1. The molecule has 1 unspecified atom stereocenters. The maximum absolute atomic E-state index is 12.0. The van der Waals surface area contributed by atoms with Gasteiger partial charge in [0, 0.05) is 12.6 Å². The van der Waals surface area contributed by atoms with Gasteiger partial charge in [0.1, 0.15) is 0 Å². The molecule has 1 aliphatic heterocycles. The van der Waals surface area contributed by atoms with Crippen LogP contribution in [0.4, 0.5) is 0 Å². The van der Waals surface area contributed by atoms with Crippen LogP contribution in [0.3, 0.4) is 0 Å². The van der Waals surface area contributed by atoms with Gasteiger partial charge in [-0.3, -0.25) is 4.79 Å². The van der Waals surface area contributed by atoms with Crippen molar-refractivity contribution in [3.63, 3.8) is 0 Å². The van der Waals surface area contributed by atoms with E-state index in [0.717, 1.165) is 19.3 Å². The lowest BCUT2D eigenvalue weighted by Gasteiger charge is -2.34. The highest BCUT2D eigenvalue weighted by Gasteiger charge is 2.32. The summed E-state index contributed by atoms with van der Waals surface area (Å²) >= 11 is 0. The van der Waals surface area contributed by atoms with E-state index in [1.165, 1.54) is 11.4 Å². The standard InChI is InChI=1S/C11H21NO4S/c1-3-8-17(14,15)12-7-5-4-6-10(12)9-11(13)16-2/h10H,3-9H2,1-2H3. The Kier molecular flexibility index (Phi) is 5.39. The summed E-state index contributed by atoms with van der Waals surface area (Å²) in [4.78, 5) is 11.3. The Morgan fingerprint density at radius 3 is 2.71 bits per heavy atom. The zero-order valence-corrected chi connectivity index (χ0v) is 11.3. The summed E-state index contributed by atoms with van der Waals surface area (Å²) in [5, 5.41) is 0. The minimum Gasteiger partial charge on any atom is -0.469 e. The Bertz CT molecular complexity index is 352. The fourth-order valence-electron chi connectivity index (χ4n) is 2.20. The van der Waals surface area contributed by atoms with Crippen LogP contribution in [-0.2, 0) is 19.6 Å². The van der Waals surface area contributed by atoms with Crippen molar-refractivity contribution >= 4 is 16.0 Å². The summed E-state index contributed by atoms with van der Waals surface area (Å²) in [5.74, 6) is -0.182. The maximum atomic E-state index is 12.0. The first-order valence-corrected chi connectivity index (χ1v) is 7.68. The van der Waals surface area contributed by atoms with Crippen LogP contribution in [0.15, 0.2) is 0 Å². The second kappa shape index (κ2) is 6.35. The van der Waals surface area contributed by atoms with E-state index < -0.39 is 10.0 Å². The quantitative estimate of drug-likeness (QED) is 0.698. The van der Waals surface area contributed by atoms with Crippen molar-refractivity contribution in [1.82, 2.24) is 4.31 Å². The van der Waals surface area contributed by atoms with Crippen molar-refractivity contribution in [1.29, 1.82) is 0 Å². The number of piperidine rings is 1. The van der Waals surface area contributed by atoms with E-state index in [1.54, 1.807) is 0 Å². The van der Waals surface area contributed by atoms with Gasteiger partial charge in [-0.1, -0.05) is 13.3 Å². The third kappa shape index (κ3) is 3.96. The molecule has 0 aliphatic carbocycles. The van der Waals surface area contributed by atoms with Crippen LogP contribution in [-0.4, -0.2) is 44.1 Å². The molecule has 5 nitrogen and oxygen atoms in total. The van der Waals surface area contributed by atoms with Crippen LogP contribution >= 0.6 is 0 Å². The summed E-state index contributed by atoms with van der Waals surface area (Å²) < 4.78 is 30.2. The molecule has 1 aliphatic rings. The number of sulfonamides is 1. The fourth-order valence-corrected chi connectivity index (χ4v) is 3.99. The molecule has 100 valence electrons. The second-order valence-electron chi connectivity index (χ2n) is 4.36. The summed E-state index contributed by atoms with van der Waals surface area (Å²) in [5.41, 5.74) is 0. The van der Waals surface area contributed by atoms with Crippen LogP contribution in [0.1, 0.15) is 39.0 Å². The van der Waals surface area contributed by atoms with E-state index in [4.69, 9.17) is 0 Å². The summed E-state index contributed by atoms with van der Waals surface area (Å²) in [6, 6.07) is -0.215. The van der Waals surface area contributed by atoms with Crippen LogP contribution in [0.25, 0.3) is 0 Å². The SMILES string of the molecule is CCCS(=O)(=O)N1CCCCC1CC(=O)OC. The van der Waals surface area contributed by atoms with E-state index in [2.05, 4.69) is 4.74 Å². The first-order chi connectivity index (χ1) is 8.01. The number of carbonyl (C=O) groups excluding carboxylic acids is 1. The molecule has 0 bridgehead atoms. The predicted molar refractivity (Wildman–Crippen MR) is 65.1 cm³/mol. The van der Waals surface area contributed by atoms with Crippen LogP contribution in [0.2, 0.25) is 0 Å². The molecule has 1 fully saturated rings. The molecule has 1 rings (SSSR count). The zero-order valence-electron chi connectivity index (χ0n) is 10.5. The van der Waals surface area contributed by atoms with Crippen LogP contribution in [0.5, 0.6) is 0 Å². The van der Waals surface area contributed by atoms with Crippen molar-refractivity contribution in [3.05, 3.63) is 0 Å². The van der Waals surface area contributed by atoms with Gasteiger partial charge in [-0.05, 0) is 19.3 Å². The Labute approximate surface area is 103 Å². The average molecular weight is 263 g/mol.